The zero-order valence-electron chi connectivity index (χ0n) is 11.9. The first-order chi connectivity index (χ1) is 9.39. The van der Waals surface area contributed by atoms with Gasteiger partial charge in [-0.3, -0.25) is 4.79 Å². The summed E-state index contributed by atoms with van der Waals surface area (Å²) < 4.78 is 5.06. The molecule has 1 rings (SSSR count). The molecule has 0 bridgehead atoms. The summed E-state index contributed by atoms with van der Waals surface area (Å²) in [6, 6.07) is 4.99. The van der Waals surface area contributed by atoms with Crippen LogP contribution in [-0.2, 0) is 4.74 Å². The highest BCUT2D eigenvalue weighted by atomic mass is 35.5. The minimum atomic E-state index is -0.448. The van der Waals surface area contributed by atoms with E-state index in [1.165, 1.54) is 0 Å². The molecule has 0 fully saturated rings. The highest BCUT2D eigenvalue weighted by molar-refractivity contribution is 6.32. The van der Waals surface area contributed by atoms with E-state index in [1.54, 1.807) is 25.3 Å². The molecule has 0 radical (unpaired) electrons. The fraction of sp³-hybridized carbons (Fsp3) is 0.400. The maximum Gasteiger partial charge on any atom is 0.251 e. The number of methoxy groups -OCH3 is 1. The fourth-order valence-electron chi connectivity index (χ4n) is 1.68. The number of hydrogen-bond acceptors (Lipinski definition) is 3. The van der Waals surface area contributed by atoms with Gasteiger partial charge in [0.1, 0.15) is 0 Å². The number of ether oxygens (including phenoxy) is 1. The van der Waals surface area contributed by atoms with Crippen LogP contribution in [0, 0.1) is 11.8 Å². The average molecular weight is 295 g/mol. The van der Waals surface area contributed by atoms with Gasteiger partial charge in [0.25, 0.3) is 5.91 Å². The number of carbonyl (C=O) groups excluding carboxylic acids is 1. The Balaban J connectivity index is 2.88. The zero-order valence-corrected chi connectivity index (χ0v) is 12.7. The maximum absolute atomic E-state index is 12.1. The lowest BCUT2D eigenvalue weighted by molar-refractivity contribution is 0.0820. The van der Waals surface area contributed by atoms with Gasteiger partial charge in [-0.15, -0.1) is 0 Å². The number of carbonyl (C=O) groups is 1. The number of amides is 1. The Hall–Kier alpha value is -1.54. The standard InChI is InChI=1S/C15H19ClN2O2/c1-15(2,10-20-3)18-14(19)12-7-6-11(5-4-8-17)13(16)9-12/h6-7,9H,8,10,17H2,1-3H3,(H,18,19). The minimum Gasteiger partial charge on any atom is -0.382 e. The number of nitrogens with two attached hydrogens (primary N) is 1. The van der Waals surface area contributed by atoms with Gasteiger partial charge in [0.05, 0.1) is 23.7 Å². The Morgan fingerprint density at radius 2 is 2.20 bits per heavy atom. The van der Waals surface area contributed by atoms with Crippen molar-refractivity contribution < 1.29 is 9.53 Å². The quantitative estimate of drug-likeness (QED) is 0.833. The number of rotatable bonds is 4. The van der Waals surface area contributed by atoms with Gasteiger partial charge in [-0.2, -0.15) is 0 Å². The molecule has 1 aromatic carbocycles. The first-order valence-corrected chi connectivity index (χ1v) is 6.57. The maximum atomic E-state index is 12.1. The lowest BCUT2D eigenvalue weighted by Crippen LogP contribution is -2.46. The summed E-state index contributed by atoms with van der Waals surface area (Å²) in [6.07, 6.45) is 0. The first kappa shape index (κ1) is 16.5. The van der Waals surface area contributed by atoms with Gasteiger partial charge in [0.2, 0.25) is 0 Å². The van der Waals surface area contributed by atoms with Gasteiger partial charge in [0.15, 0.2) is 0 Å². The molecule has 0 unspecified atom stereocenters. The molecule has 20 heavy (non-hydrogen) atoms. The molecule has 1 aromatic rings. The molecule has 108 valence electrons. The van der Waals surface area contributed by atoms with Crippen molar-refractivity contribution in [3.8, 4) is 11.8 Å². The van der Waals surface area contributed by atoms with E-state index in [9.17, 15) is 4.79 Å². The molecular formula is C15H19ClN2O2. The van der Waals surface area contributed by atoms with Gasteiger partial charge >= 0.3 is 0 Å². The van der Waals surface area contributed by atoms with Crippen LogP contribution < -0.4 is 11.1 Å². The van der Waals surface area contributed by atoms with Crippen molar-refractivity contribution in [3.05, 3.63) is 34.3 Å². The largest absolute Gasteiger partial charge is 0.382 e. The van der Waals surface area contributed by atoms with E-state index in [1.807, 2.05) is 13.8 Å². The van der Waals surface area contributed by atoms with Crippen LogP contribution >= 0.6 is 11.6 Å². The SMILES string of the molecule is COCC(C)(C)NC(=O)c1ccc(C#CCN)c(Cl)c1. The van der Waals surface area contributed by atoms with Crippen molar-refractivity contribution in [2.45, 2.75) is 19.4 Å². The highest BCUT2D eigenvalue weighted by Crippen LogP contribution is 2.17. The molecule has 3 N–H and O–H groups in total. The summed E-state index contributed by atoms with van der Waals surface area (Å²) in [5.74, 6) is 5.37. The number of benzene rings is 1. The predicted molar refractivity (Wildman–Crippen MR) is 80.8 cm³/mol. The second kappa shape index (κ2) is 7.30. The fourth-order valence-corrected chi connectivity index (χ4v) is 1.91. The van der Waals surface area contributed by atoms with E-state index in [0.717, 1.165) is 0 Å². The van der Waals surface area contributed by atoms with Crippen LogP contribution in [-0.4, -0.2) is 31.7 Å². The third kappa shape index (κ3) is 4.86. The third-order valence-electron chi connectivity index (χ3n) is 2.51. The highest BCUT2D eigenvalue weighted by Gasteiger charge is 2.21. The average Bonchev–Trinajstić information content (AvgIpc) is 2.36. The van der Waals surface area contributed by atoms with Crippen LogP contribution in [0.1, 0.15) is 29.8 Å². The van der Waals surface area contributed by atoms with E-state index < -0.39 is 5.54 Å². The smallest absolute Gasteiger partial charge is 0.251 e. The van der Waals surface area contributed by atoms with Gasteiger partial charge in [0, 0.05) is 18.2 Å². The van der Waals surface area contributed by atoms with Gasteiger partial charge < -0.3 is 15.8 Å². The summed E-state index contributed by atoms with van der Waals surface area (Å²) in [5, 5.41) is 3.32. The second-order valence-corrected chi connectivity index (χ2v) is 5.38. The molecule has 0 saturated heterocycles. The number of hydrogen-bond donors (Lipinski definition) is 2. The van der Waals surface area contributed by atoms with E-state index in [-0.39, 0.29) is 12.5 Å². The van der Waals surface area contributed by atoms with Crippen molar-refractivity contribution in [3.63, 3.8) is 0 Å². The normalized spacial score (nSPS) is 10.7. The molecule has 0 spiro atoms. The van der Waals surface area contributed by atoms with Gasteiger partial charge in [-0.05, 0) is 32.0 Å². The van der Waals surface area contributed by atoms with Crippen LogP contribution in [0.5, 0.6) is 0 Å². The van der Waals surface area contributed by atoms with Crippen LogP contribution in [0.25, 0.3) is 0 Å². The Labute approximate surface area is 124 Å². The Morgan fingerprint density at radius 3 is 2.75 bits per heavy atom. The monoisotopic (exact) mass is 294 g/mol. The number of halogens is 1. The van der Waals surface area contributed by atoms with Crippen molar-refractivity contribution in [1.29, 1.82) is 0 Å². The molecule has 0 atom stereocenters. The molecule has 0 aliphatic carbocycles. The molecule has 0 aliphatic rings. The number of nitrogens with one attached hydrogen (secondary N) is 1. The van der Waals surface area contributed by atoms with E-state index in [2.05, 4.69) is 17.2 Å². The molecule has 4 nitrogen and oxygen atoms in total. The van der Waals surface area contributed by atoms with Crippen molar-refractivity contribution in [2.75, 3.05) is 20.3 Å². The Bertz CT molecular complexity index is 545. The molecule has 0 saturated carbocycles. The van der Waals surface area contributed by atoms with E-state index in [0.29, 0.717) is 22.8 Å². The lowest BCUT2D eigenvalue weighted by atomic mass is 10.1. The van der Waals surface area contributed by atoms with Crippen molar-refractivity contribution >= 4 is 17.5 Å². The summed E-state index contributed by atoms with van der Waals surface area (Å²) in [7, 11) is 1.59. The predicted octanol–water partition coefficient (Wildman–Crippen LogP) is 1.81. The van der Waals surface area contributed by atoms with Crippen LogP contribution in [0.2, 0.25) is 5.02 Å². The Kier molecular flexibility index (Phi) is 6.03. The minimum absolute atomic E-state index is 0.202. The molecule has 1 amide bonds. The molecule has 0 aromatic heterocycles. The molecule has 0 heterocycles. The molecule has 5 heteroatoms. The zero-order chi connectivity index (χ0) is 15.2. The lowest BCUT2D eigenvalue weighted by Gasteiger charge is -2.25. The van der Waals surface area contributed by atoms with Crippen molar-refractivity contribution in [1.82, 2.24) is 5.32 Å². The van der Waals surface area contributed by atoms with E-state index >= 15 is 0 Å². The van der Waals surface area contributed by atoms with Crippen LogP contribution in [0.15, 0.2) is 18.2 Å². The second-order valence-electron chi connectivity index (χ2n) is 4.97. The van der Waals surface area contributed by atoms with Crippen molar-refractivity contribution in [2.24, 2.45) is 5.73 Å². The molecular weight excluding hydrogens is 276 g/mol. The topological polar surface area (TPSA) is 64.3 Å². The third-order valence-corrected chi connectivity index (χ3v) is 2.83. The summed E-state index contributed by atoms with van der Waals surface area (Å²) in [6.45, 7) is 4.46. The van der Waals surface area contributed by atoms with Crippen LogP contribution in [0.4, 0.5) is 0 Å². The Morgan fingerprint density at radius 1 is 1.50 bits per heavy atom. The van der Waals surface area contributed by atoms with E-state index in [4.69, 9.17) is 22.1 Å². The molecule has 0 aliphatic heterocycles. The summed E-state index contributed by atoms with van der Waals surface area (Å²) in [5.41, 5.74) is 6.00. The van der Waals surface area contributed by atoms with Gasteiger partial charge in [-0.1, -0.05) is 23.4 Å². The summed E-state index contributed by atoms with van der Waals surface area (Å²) in [4.78, 5) is 12.1. The summed E-state index contributed by atoms with van der Waals surface area (Å²) >= 11 is 6.09. The van der Waals surface area contributed by atoms with Gasteiger partial charge in [-0.25, -0.2) is 0 Å². The first-order valence-electron chi connectivity index (χ1n) is 6.19. The van der Waals surface area contributed by atoms with Crippen LogP contribution in [0.3, 0.4) is 0 Å².